The first kappa shape index (κ1) is 8.84. The third-order valence-corrected chi connectivity index (χ3v) is 1.88. The average molecular weight is 166 g/mol. The zero-order valence-electron chi connectivity index (χ0n) is 7.66. The molecule has 0 spiro atoms. The van der Waals surface area contributed by atoms with Crippen molar-refractivity contribution in [1.82, 2.24) is 4.57 Å². The van der Waals surface area contributed by atoms with Crippen molar-refractivity contribution in [2.45, 2.75) is 26.8 Å². The number of hydrogen-bond donors (Lipinski definition) is 1. The van der Waals surface area contributed by atoms with Gasteiger partial charge in [-0.05, 0) is 26.3 Å². The van der Waals surface area contributed by atoms with Gasteiger partial charge in [-0.15, -0.1) is 0 Å². The summed E-state index contributed by atoms with van der Waals surface area (Å²) in [6, 6.07) is 1.73. The summed E-state index contributed by atoms with van der Waals surface area (Å²) in [5.41, 5.74) is 7.19. The Bertz CT molecular complexity index is 339. The molecule has 0 fully saturated rings. The lowest BCUT2D eigenvalue weighted by Gasteiger charge is -2.10. The first-order valence-electron chi connectivity index (χ1n) is 4.00. The van der Waals surface area contributed by atoms with E-state index < -0.39 is 0 Å². The maximum Gasteiger partial charge on any atom is 0.251 e. The smallest absolute Gasteiger partial charge is 0.251 e. The van der Waals surface area contributed by atoms with Crippen molar-refractivity contribution in [3.05, 3.63) is 28.2 Å². The van der Waals surface area contributed by atoms with Crippen LogP contribution in [0.1, 0.15) is 25.5 Å². The molecular weight excluding hydrogens is 152 g/mol. The van der Waals surface area contributed by atoms with Gasteiger partial charge < -0.3 is 10.3 Å². The summed E-state index contributed by atoms with van der Waals surface area (Å²) in [5, 5.41) is 0. The Kier molecular flexibility index (Phi) is 2.22. The molecule has 3 heteroatoms. The van der Waals surface area contributed by atoms with Crippen molar-refractivity contribution in [2.75, 3.05) is 5.73 Å². The minimum absolute atomic E-state index is 0.0108. The lowest BCUT2D eigenvalue weighted by atomic mass is 10.2. The van der Waals surface area contributed by atoms with E-state index in [9.17, 15) is 4.79 Å². The highest BCUT2D eigenvalue weighted by atomic mass is 16.1. The van der Waals surface area contributed by atoms with E-state index >= 15 is 0 Å². The predicted octanol–water partition coefficient (Wildman–Crippen LogP) is 1.32. The maximum atomic E-state index is 11.3. The van der Waals surface area contributed by atoms with Crippen LogP contribution in [0.2, 0.25) is 0 Å². The van der Waals surface area contributed by atoms with E-state index in [1.54, 1.807) is 16.8 Å². The molecule has 0 atom stereocenters. The van der Waals surface area contributed by atoms with E-state index in [0.29, 0.717) is 5.69 Å². The fourth-order valence-corrected chi connectivity index (χ4v) is 1.06. The van der Waals surface area contributed by atoms with Gasteiger partial charge in [-0.25, -0.2) is 0 Å². The molecule has 1 aromatic rings. The Labute approximate surface area is 71.8 Å². The molecule has 2 N–H and O–H groups in total. The largest absolute Gasteiger partial charge is 0.397 e. The highest BCUT2D eigenvalue weighted by Crippen LogP contribution is 2.08. The van der Waals surface area contributed by atoms with Crippen LogP contribution in [0.4, 0.5) is 5.69 Å². The Morgan fingerprint density at radius 3 is 2.58 bits per heavy atom. The minimum Gasteiger partial charge on any atom is -0.397 e. The molecule has 0 aliphatic carbocycles. The van der Waals surface area contributed by atoms with Gasteiger partial charge in [0, 0.05) is 18.3 Å². The van der Waals surface area contributed by atoms with E-state index in [-0.39, 0.29) is 11.6 Å². The molecule has 0 bridgehead atoms. The van der Waals surface area contributed by atoms with Crippen LogP contribution < -0.4 is 11.3 Å². The molecule has 0 amide bonds. The Morgan fingerprint density at radius 2 is 2.08 bits per heavy atom. The molecule has 0 saturated carbocycles. The van der Waals surface area contributed by atoms with Crippen LogP contribution in [0.5, 0.6) is 0 Å². The molecule has 3 nitrogen and oxygen atoms in total. The molecule has 0 unspecified atom stereocenters. The van der Waals surface area contributed by atoms with Gasteiger partial charge in [0.15, 0.2) is 0 Å². The lowest BCUT2D eigenvalue weighted by Crippen LogP contribution is -2.21. The second-order valence-corrected chi connectivity index (χ2v) is 3.25. The Morgan fingerprint density at radius 1 is 1.50 bits per heavy atom. The van der Waals surface area contributed by atoms with Gasteiger partial charge in [0.25, 0.3) is 5.56 Å². The lowest BCUT2D eigenvalue weighted by molar-refractivity contribution is 0.579. The number of rotatable bonds is 1. The summed E-state index contributed by atoms with van der Waals surface area (Å²) < 4.78 is 1.63. The van der Waals surface area contributed by atoms with Crippen molar-refractivity contribution in [3.63, 3.8) is 0 Å². The summed E-state index contributed by atoms with van der Waals surface area (Å²) in [6.07, 6.45) is 1.70. The maximum absolute atomic E-state index is 11.3. The van der Waals surface area contributed by atoms with Crippen molar-refractivity contribution in [3.8, 4) is 0 Å². The Hall–Kier alpha value is -1.25. The molecule has 0 aromatic carbocycles. The van der Waals surface area contributed by atoms with Crippen LogP contribution in [0.25, 0.3) is 0 Å². The number of aromatic nitrogens is 1. The van der Waals surface area contributed by atoms with Crippen LogP contribution in [-0.4, -0.2) is 4.57 Å². The third-order valence-electron chi connectivity index (χ3n) is 1.88. The minimum atomic E-state index is 0.0108. The van der Waals surface area contributed by atoms with Crippen molar-refractivity contribution in [1.29, 1.82) is 0 Å². The van der Waals surface area contributed by atoms with Gasteiger partial charge in [0.05, 0.1) is 5.69 Å². The molecule has 12 heavy (non-hydrogen) atoms. The standard InChI is InChI=1S/C9H14N2O/c1-6(2)11-5-8(10)7(3)4-9(11)12/h4-6H,10H2,1-3H3. The third kappa shape index (κ3) is 1.49. The second kappa shape index (κ2) is 3.01. The number of pyridine rings is 1. The molecule has 0 aliphatic rings. The number of hydrogen-bond acceptors (Lipinski definition) is 2. The van der Waals surface area contributed by atoms with Crippen LogP contribution in [-0.2, 0) is 0 Å². The van der Waals surface area contributed by atoms with Crippen molar-refractivity contribution < 1.29 is 0 Å². The number of nitrogens with zero attached hydrogens (tertiary/aromatic N) is 1. The highest BCUT2D eigenvalue weighted by Gasteiger charge is 2.02. The molecule has 1 rings (SSSR count). The predicted molar refractivity (Wildman–Crippen MR) is 50.2 cm³/mol. The number of nitrogens with two attached hydrogens (primary N) is 1. The topological polar surface area (TPSA) is 48.0 Å². The zero-order valence-corrected chi connectivity index (χ0v) is 7.66. The van der Waals surface area contributed by atoms with Gasteiger partial charge in [0.1, 0.15) is 0 Å². The SMILES string of the molecule is Cc1cc(=O)n(C(C)C)cc1N. The van der Waals surface area contributed by atoms with Gasteiger partial charge >= 0.3 is 0 Å². The average Bonchev–Trinajstić information content (AvgIpc) is 1.96. The number of nitrogen functional groups attached to an aromatic ring is 1. The zero-order chi connectivity index (χ0) is 9.30. The fraction of sp³-hybridized carbons (Fsp3) is 0.444. The van der Waals surface area contributed by atoms with E-state index in [1.807, 2.05) is 20.8 Å². The monoisotopic (exact) mass is 166 g/mol. The number of aryl methyl sites for hydroxylation is 1. The van der Waals surface area contributed by atoms with Crippen molar-refractivity contribution >= 4 is 5.69 Å². The molecule has 1 heterocycles. The summed E-state index contributed by atoms with van der Waals surface area (Å²) in [4.78, 5) is 11.3. The molecular formula is C9H14N2O. The molecule has 0 aliphatic heterocycles. The van der Waals surface area contributed by atoms with Gasteiger partial charge in [-0.2, -0.15) is 0 Å². The normalized spacial score (nSPS) is 10.7. The van der Waals surface area contributed by atoms with E-state index in [0.717, 1.165) is 5.56 Å². The van der Waals surface area contributed by atoms with Crippen LogP contribution in [0, 0.1) is 6.92 Å². The molecule has 0 radical (unpaired) electrons. The van der Waals surface area contributed by atoms with Gasteiger partial charge in [0.2, 0.25) is 0 Å². The van der Waals surface area contributed by atoms with Crippen molar-refractivity contribution in [2.24, 2.45) is 0 Å². The summed E-state index contributed by atoms with van der Waals surface area (Å²) in [6.45, 7) is 5.74. The summed E-state index contributed by atoms with van der Waals surface area (Å²) in [7, 11) is 0. The van der Waals surface area contributed by atoms with E-state index in [1.165, 1.54) is 0 Å². The number of anilines is 1. The molecule has 0 saturated heterocycles. The van der Waals surface area contributed by atoms with Gasteiger partial charge in [-0.1, -0.05) is 0 Å². The van der Waals surface area contributed by atoms with Crippen LogP contribution in [0.3, 0.4) is 0 Å². The second-order valence-electron chi connectivity index (χ2n) is 3.25. The molecule has 1 aromatic heterocycles. The first-order valence-corrected chi connectivity index (χ1v) is 4.00. The highest BCUT2D eigenvalue weighted by molar-refractivity contribution is 5.43. The summed E-state index contributed by atoms with van der Waals surface area (Å²) >= 11 is 0. The first-order chi connectivity index (χ1) is 5.52. The quantitative estimate of drug-likeness (QED) is 0.684. The van der Waals surface area contributed by atoms with Crippen LogP contribution in [0.15, 0.2) is 17.1 Å². The fourth-order valence-electron chi connectivity index (χ4n) is 1.06. The Balaban J connectivity index is 3.33. The van der Waals surface area contributed by atoms with E-state index in [4.69, 9.17) is 5.73 Å². The van der Waals surface area contributed by atoms with Gasteiger partial charge in [-0.3, -0.25) is 4.79 Å². The molecule has 66 valence electrons. The van der Waals surface area contributed by atoms with E-state index in [2.05, 4.69) is 0 Å². The summed E-state index contributed by atoms with van der Waals surface area (Å²) in [5.74, 6) is 0. The van der Waals surface area contributed by atoms with Crippen LogP contribution >= 0.6 is 0 Å².